The normalized spacial score (nSPS) is 14.1. The summed E-state index contributed by atoms with van der Waals surface area (Å²) in [7, 11) is 0. The van der Waals surface area contributed by atoms with Crippen molar-refractivity contribution < 1.29 is 23.9 Å². The lowest BCUT2D eigenvalue weighted by Gasteiger charge is -2.17. The maximum atomic E-state index is 13.1. The van der Waals surface area contributed by atoms with Gasteiger partial charge in [-0.3, -0.25) is 14.4 Å². The molecule has 31 heavy (non-hydrogen) atoms. The van der Waals surface area contributed by atoms with Gasteiger partial charge in [0, 0.05) is 17.3 Å². The number of nitrogens with one attached hydrogen (secondary N) is 1. The fourth-order valence-electron chi connectivity index (χ4n) is 3.76. The van der Waals surface area contributed by atoms with Crippen LogP contribution in [0.4, 0.5) is 11.4 Å². The average Bonchev–Trinajstić information content (AvgIpc) is 3.32. The molecule has 0 spiro atoms. The number of benzene rings is 3. The number of carbonyl (C=O) groups excluding carboxylic acids is 3. The predicted octanol–water partition coefficient (Wildman–Crippen LogP) is 4.09. The van der Waals surface area contributed by atoms with Gasteiger partial charge in [-0.25, -0.2) is 4.90 Å². The van der Waals surface area contributed by atoms with E-state index in [1.807, 2.05) is 26.0 Å². The molecule has 0 saturated heterocycles. The third-order valence-electron chi connectivity index (χ3n) is 5.60. The van der Waals surface area contributed by atoms with Crippen molar-refractivity contribution in [2.75, 3.05) is 17.0 Å². The van der Waals surface area contributed by atoms with Crippen LogP contribution in [0.2, 0.25) is 0 Å². The lowest BCUT2D eigenvalue weighted by atomic mass is 10.1. The molecule has 154 valence electrons. The van der Waals surface area contributed by atoms with Crippen LogP contribution in [0.5, 0.6) is 11.5 Å². The third kappa shape index (κ3) is 3.02. The van der Waals surface area contributed by atoms with E-state index in [9.17, 15) is 14.4 Å². The highest BCUT2D eigenvalue weighted by molar-refractivity contribution is 6.35. The summed E-state index contributed by atoms with van der Waals surface area (Å²) in [6.07, 6.45) is 0. The number of ether oxygens (including phenoxy) is 2. The Balaban J connectivity index is 1.43. The molecular formula is C24H18N2O5. The van der Waals surface area contributed by atoms with Gasteiger partial charge in [0.1, 0.15) is 0 Å². The van der Waals surface area contributed by atoms with Gasteiger partial charge in [0.05, 0.1) is 16.8 Å². The second-order valence-electron chi connectivity index (χ2n) is 7.45. The molecule has 2 aliphatic heterocycles. The number of hydrogen-bond donors (Lipinski definition) is 1. The number of carbonyl (C=O) groups is 3. The summed E-state index contributed by atoms with van der Waals surface area (Å²) in [5.41, 5.74) is 3.71. The predicted molar refractivity (Wildman–Crippen MR) is 114 cm³/mol. The molecule has 7 nitrogen and oxygen atoms in total. The van der Waals surface area contributed by atoms with Gasteiger partial charge in [-0.1, -0.05) is 12.1 Å². The van der Waals surface area contributed by atoms with E-state index in [1.54, 1.807) is 30.3 Å². The third-order valence-corrected chi connectivity index (χ3v) is 5.60. The summed E-state index contributed by atoms with van der Waals surface area (Å²) in [6, 6.07) is 15.1. The molecule has 0 radical (unpaired) electrons. The van der Waals surface area contributed by atoms with Crippen LogP contribution < -0.4 is 19.7 Å². The fraction of sp³-hybridized carbons (Fsp3) is 0.125. The zero-order valence-corrected chi connectivity index (χ0v) is 16.9. The number of hydrogen-bond acceptors (Lipinski definition) is 5. The highest BCUT2D eigenvalue weighted by Gasteiger charge is 2.38. The Kier molecular flexibility index (Phi) is 4.25. The Morgan fingerprint density at radius 3 is 2.52 bits per heavy atom. The first-order chi connectivity index (χ1) is 14.9. The van der Waals surface area contributed by atoms with Gasteiger partial charge in [0.25, 0.3) is 17.7 Å². The van der Waals surface area contributed by atoms with Gasteiger partial charge in [-0.2, -0.15) is 0 Å². The SMILES string of the molecule is Cc1cccc(N2C(=O)c3ccc(C(=O)Nc4ccc5c(c4)OCO5)cc3C2=O)c1C. The summed E-state index contributed by atoms with van der Waals surface area (Å²) in [4.78, 5) is 39.9. The van der Waals surface area contributed by atoms with Crippen LogP contribution in [-0.4, -0.2) is 24.5 Å². The number of aryl methyl sites for hydroxylation is 1. The maximum Gasteiger partial charge on any atom is 0.266 e. The van der Waals surface area contributed by atoms with Gasteiger partial charge < -0.3 is 14.8 Å². The van der Waals surface area contributed by atoms with Crippen LogP contribution >= 0.6 is 0 Å². The lowest BCUT2D eigenvalue weighted by molar-refractivity contribution is 0.0925. The summed E-state index contributed by atoms with van der Waals surface area (Å²) in [5, 5.41) is 2.78. The fourth-order valence-corrected chi connectivity index (χ4v) is 3.76. The number of anilines is 2. The van der Waals surface area contributed by atoms with E-state index in [2.05, 4.69) is 5.32 Å². The minimum absolute atomic E-state index is 0.143. The lowest BCUT2D eigenvalue weighted by Crippen LogP contribution is -2.30. The molecule has 0 atom stereocenters. The number of imide groups is 1. The van der Waals surface area contributed by atoms with Crippen LogP contribution in [0.25, 0.3) is 0 Å². The van der Waals surface area contributed by atoms with Crippen molar-refractivity contribution in [3.63, 3.8) is 0 Å². The zero-order valence-electron chi connectivity index (χ0n) is 16.9. The topological polar surface area (TPSA) is 84.9 Å². The first-order valence-corrected chi connectivity index (χ1v) is 9.74. The Labute approximate surface area is 178 Å². The molecule has 1 N–H and O–H groups in total. The van der Waals surface area contributed by atoms with Gasteiger partial charge in [0.15, 0.2) is 11.5 Å². The number of rotatable bonds is 3. The van der Waals surface area contributed by atoms with Crippen molar-refractivity contribution in [2.24, 2.45) is 0 Å². The van der Waals surface area contributed by atoms with Gasteiger partial charge in [-0.05, 0) is 61.4 Å². The Bertz CT molecular complexity index is 1280. The van der Waals surface area contributed by atoms with E-state index in [-0.39, 0.29) is 23.5 Å². The van der Waals surface area contributed by atoms with Crippen LogP contribution in [0, 0.1) is 13.8 Å². The summed E-state index contributed by atoms with van der Waals surface area (Å²) >= 11 is 0. The monoisotopic (exact) mass is 414 g/mol. The Morgan fingerprint density at radius 1 is 0.903 bits per heavy atom. The summed E-state index contributed by atoms with van der Waals surface area (Å²) < 4.78 is 10.6. The van der Waals surface area contributed by atoms with E-state index in [0.717, 1.165) is 11.1 Å². The van der Waals surface area contributed by atoms with Crippen LogP contribution in [0.1, 0.15) is 42.2 Å². The molecular weight excluding hydrogens is 396 g/mol. The summed E-state index contributed by atoms with van der Waals surface area (Å²) in [6.45, 7) is 3.94. The minimum Gasteiger partial charge on any atom is -0.454 e. The molecule has 2 heterocycles. The van der Waals surface area contributed by atoms with Crippen molar-refractivity contribution in [3.05, 3.63) is 82.4 Å². The van der Waals surface area contributed by atoms with E-state index >= 15 is 0 Å². The molecule has 7 heteroatoms. The van der Waals surface area contributed by atoms with E-state index in [4.69, 9.17) is 9.47 Å². The van der Waals surface area contributed by atoms with E-state index < -0.39 is 17.7 Å². The largest absolute Gasteiger partial charge is 0.454 e. The zero-order chi connectivity index (χ0) is 21.7. The second-order valence-corrected chi connectivity index (χ2v) is 7.45. The second kappa shape index (κ2) is 6.98. The highest BCUT2D eigenvalue weighted by atomic mass is 16.7. The molecule has 0 fully saturated rings. The number of fused-ring (bicyclic) bond motifs is 2. The Morgan fingerprint density at radius 2 is 1.68 bits per heavy atom. The maximum absolute atomic E-state index is 13.1. The van der Waals surface area contributed by atoms with E-state index in [0.29, 0.717) is 22.9 Å². The van der Waals surface area contributed by atoms with Crippen molar-refractivity contribution in [2.45, 2.75) is 13.8 Å². The standard InChI is InChI=1S/C24H18N2O5/c1-13-4-3-5-19(14(13)2)26-23(28)17-8-6-15(10-18(17)24(26)29)22(27)25-16-7-9-20-21(11-16)31-12-30-20/h3-11H,12H2,1-2H3,(H,25,27). The molecule has 0 saturated carbocycles. The molecule has 0 aliphatic carbocycles. The highest BCUT2D eigenvalue weighted by Crippen LogP contribution is 2.35. The van der Waals surface area contributed by atoms with Gasteiger partial charge in [0.2, 0.25) is 6.79 Å². The van der Waals surface area contributed by atoms with E-state index in [1.165, 1.54) is 17.0 Å². The van der Waals surface area contributed by atoms with Crippen molar-refractivity contribution in [3.8, 4) is 11.5 Å². The first-order valence-electron chi connectivity index (χ1n) is 9.74. The van der Waals surface area contributed by atoms with Crippen molar-refractivity contribution in [1.29, 1.82) is 0 Å². The number of nitrogens with zero attached hydrogens (tertiary/aromatic N) is 1. The molecule has 3 aromatic rings. The summed E-state index contributed by atoms with van der Waals surface area (Å²) in [5.74, 6) is -0.0576. The van der Waals surface area contributed by atoms with Crippen LogP contribution in [0.15, 0.2) is 54.6 Å². The molecule has 3 amide bonds. The van der Waals surface area contributed by atoms with Crippen molar-refractivity contribution >= 4 is 29.1 Å². The first kappa shape index (κ1) is 18.9. The molecule has 5 rings (SSSR count). The number of amides is 3. The molecule has 0 unspecified atom stereocenters. The van der Waals surface area contributed by atoms with Crippen molar-refractivity contribution in [1.82, 2.24) is 0 Å². The van der Waals surface area contributed by atoms with Crippen LogP contribution in [0.3, 0.4) is 0 Å². The molecule has 0 bridgehead atoms. The molecule has 0 aromatic heterocycles. The molecule has 3 aromatic carbocycles. The van der Waals surface area contributed by atoms with Gasteiger partial charge >= 0.3 is 0 Å². The molecule has 2 aliphatic rings. The van der Waals surface area contributed by atoms with Crippen LogP contribution in [-0.2, 0) is 0 Å². The average molecular weight is 414 g/mol. The van der Waals surface area contributed by atoms with Gasteiger partial charge in [-0.15, -0.1) is 0 Å². The Hall–Kier alpha value is -4.13. The minimum atomic E-state index is -0.438. The quantitative estimate of drug-likeness (QED) is 0.653. The smallest absolute Gasteiger partial charge is 0.266 e.